The second kappa shape index (κ2) is 2.81. The molecule has 5 nitrogen and oxygen atoms in total. The minimum absolute atomic E-state index is 0.241. The summed E-state index contributed by atoms with van der Waals surface area (Å²) in [6, 6.07) is -0.506. The van der Waals surface area contributed by atoms with E-state index in [2.05, 4.69) is 11.9 Å². The van der Waals surface area contributed by atoms with Crippen LogP contribution in [0.1, 0.15) is 13.3 Å². The molecule has 2 N–H and O–H groups in total. The molecule has 0 aliphatic heterocycles. The summed E-state index contributed by atoms with van der Waals surface area (Å²) < 4.78 is 29.1. The number of carbonyl (C=O) groups excluding carboxylic acids is 1. The third-order valence-corrected chi connectivity index (χ3v) is 3.91. The maximum absolute atomic E-state index is 10.8. The van der Waals surface area contributed by atoms with E-state index >= 15 is 0 Å². The van der Waals surface area contributed by atoms with Crippen molar-refractivity contribution in [3.63, 3.8) is 0 Å². The van der Waals surface area contributed by atoms with Gasteiger partial charge in [0.05, 0.1) is 6.04 Å². The molecule has 0 heterocycles. The number of hydrogen-bond acceptors (Lipinski definition) is 3. The van der Waals surface area contributed by atoms with Gasteiger partial charge in [-0.1, -0.05) is 6.58 Å². The fourth-order valence-electron chi connectivity index (χ4n) is 1.07. The number of nitrogens with one attached hydrogen (secondary N) is 1. The number of amides is 1. The Morgan fingerprint density at radius 1 is 1.77 bits per heavy atom. The average Bonchev–Trinajstić information content (AvgIpc) is 2.62. The minimum atomic E-state index is -4.08. The lowest BCUT2D eigenvalue weighted by atomic mass is 10.4. The van der Waals surface area contributed by atoms with Crippen molar-refractivity contribution in [2.75, 3.05) is 0 Å². The van der Waals surface area contributed by atoms with Crippen LogP contribution in [0.15, 0.2) is 12.7 Å². The van der Waals surface area contributed by atoms with E-state index in [0.717, 1.165) is 6.08 Å². The van der Waals surface area contributed by atoms with Crippen LogP contribution in [0, 0.1) is 0 Å². The Labute approximate surface area is 76.6 Å². The molecule has 1 amide bonds. The van der Waals surface area contributed by atoms with E-state index in [1.165, 1.54) is 6.92 Å². The van der Waals surface area contributed by atoms with Crippen LogP contribution in [-0.2, 0) is 14.9 Å². The van der Waals surface area contributed by atoms with Crippen LogP contribution in [0.5, 0.6) is 0 Å². The SMILES string of the molecule is C=CC(=O)NC1CC1(C)S(=O)(=O)O. The molecule has 1 fully saturated rings. The number of carbonyl (C=O) groups is 1. The molecule has 0 aromatic heterocycles. The summed E-state index contributed by atoms with van der Waals surface area (Å²) in [4.78, 5) is 10.8. The highest BCUT2D eigenvalue weighted by atomic mass is 32.2. The van der Waals surface area contributed by atoms with Gasteiger partial charge in [-0.05, 0) is 19.4 Å². The molecule has 0 radical (unpaired) electrons. The summed E-state index contributed by atoms with van der Waals surface area (Å²) in [5, 5.41) is 2.40. The molecule has 2 unspecified atom stereocenters. The molecule has 13 heavy (non-hydrogen) atoms. The van der Waals surface area contributed by atoms with Gasteiger partial charge in [0, 0.05) is 0 Å². The molecule has 0 aromatic carbocycles. The summed E-state index contributed by atoms with van der Waals surface area (Å²) >= 11 is 0. The van der Waals surface area contributed by atoms with E-state index in [-0.39, 0.29) is 6.42 Å². The smallest absolute Gasteiger partial charge is 0.272 e. The third kappa shape index (κ3) is 1.73. The van der Waals surface area contributed by atoms with Crippen molar-refractivity contribution in [1.29, 1.82) is 0 Å². The van der Waals surface area contributed by atoms with E-state index in [4.69, 9.17) is 4.55 Å². The zero-order valence-corrected chi connectivity index (χ0v) is 7.97. The lowest BCUT2D eigenvalue weighted by Gasteiger charge is -2.06. The highest BCUT2D eigenvalue weighted by Crippen LogP contribution is 2.42. The first-order valence-corrected chi connectivity index (χ1v) is 5.15. The Bertz CT molecular complexity index is 348. The van der Waals surface area contributed by atoms with Crippen molar-refractivity contribution < 1.29 is 17.8 Å². The van der Waals surface area contributed by atoms with E-state index in [0.29, 0.717) is 0 Å². The van der Waals surface area contributed by atoms with Crippen molar-refractivity contribution in [1.82, 2.24) is 5.32 Å². The van der Waals surface area contributed by atoms with Gasteiger partial charge in [0.1, 0.15) is 4.75 Å². The Morgan fingerprint density at radius 2 is 2.31 bits per heavy atom. The van der Waals surface area contributed by atoms with Crippen LogP contribution in [-0.4, -0.2) is 29.7 Å². The Kier molecular flexibility index (Phi) is 2.21. The first-order chi connectivity index (χ1) is 5.81. The molecule has 2 atom stereocenters. The van der Waals surface area contributed by atoms with Crippen LogP contribution in [0.4, 0.5) is 0 Å². The summed E-state index contributed by atoms with van der Waals surface area (Å²) in [5.41, 5.74) is 0. The Balaban J connectivity index is 2.65. The van der Waals surface area contributed by atoms with E-state index < -0.39 is 26.8 Å². The van der Waals surface area contributed by atoms with Gasteiger partial charge in [0.25, 0.3) is 10.1 Å². The monoisotopic (exact) mass is 205 g/mol. The van der Waals surface area contributed by atoms with Gasteiger partial charge >= 0.3 is 0 Å². The molecule has 0 aromatic rings. The van der Waals surface area contributed by atoms with Gasteiger partial charge in [0.15, 0.2) is 0 Å². The van der Waals surface area contributed by atoms with Gasteiger partial charge in [-0.25, -0.2) is 0 Å². The highest BCUT2D eigenvalue weighted by Gasteiger charge is 2.60. The maximum Gasteiger partial charge on any atom is 0.272 e. The lowest BCUT2D eigenvalue weighted by Crippen LogP contribution is -2.33. The van der Waals surface area contributed by atoms with Crippen molar-refractivity contribution in [3.8, 4) is 0 Å². The molecule has 0 bridgehead atoms. The maximum atomic E-state index is 10.8. The van der Waals surface area contributed by atoms with Gasteiger partial charge in [-0.15, -0.1) is 0 Å². The quantitative estimate of drug-likeness (QED) is 0.489. The van der Waals surface area contributed by atoms with Crippen LogP contribution < -0.4 is 5.32 Å². The fraction of sp³-hybridized carbons (Fsp3) is 0.571. The summed E-state index contributed by atoms with van der Waals surface area (Å²) in [5.74, 6) is -0.433. The van der Waals surface area contributed by atoms with Crippen molar-refractivity contribution >= 4 is 16.0 Å². The molecule has 74 valence electrons. The van der Waals surface area contributed by atoms with Gasteiger partial charge < -0.3 is 5.32 Å². The van der Waals surface area contributed by atoms with Gasteiger partial charge in [0.2, 0.25) is 5.91 Å². The predicted molar refractivity (Wildman–Crippen MR) is 46.7 cm³/mol. The zero-order chi connectivity index (χ0) is 10.3. The molecule has 1 aliphatic rings. The first-order valence-electron chi connectivity index (χ1n) is 3.71. The fourth-order valence-corrected chi connectivity index (χ4v) is 1.86. The van der Waals surface area contributed by atoms with E-state index in [1.807, 2.05) is 0 Å². The van der Waals surface area contributed by atoms with E-state index in [9.17, 15) is 13.2 Å². The second-order valence-corrected chi connectivity index (χ2v) is 5.14. The zero-order valence-electron chi connectivity index (χ0n) is 7.15. The summed E-state index contributed by atoms with van der Waals surface area (Å²) in [7, 11) is -4.08. The largest absolute Gasteiger partial charge is 0.348 e. The van der Waals surface area contributed by atoms with E-state index in [1.54, 1.807) is 0 Å². The summed E-state index contributed by atoms with van der Waals surface area (Å²) in [6.45, 7) is 4.61. The number of rotatable bonds is 3. The van der Waals surface area contributed by atoms with Gasteiger partial charge in [-0.2, -0.15) is 8.42 Å². The molecule has 1 aliphatic carbocycles. The third-order valence-electron chi connectivity index (χ3n) is 2.28. The van der Waals surface area contributed by atoms with Crippen molar-refractivity contribution in [2.45, 2.75) is 24.1 Å². The topological polar surface area (TPSA) is 83.5 Å². The normalized spacial score (nSPS) is 32.3. The molecule has 6 heteroatoms. The Hall–Kier alpha value is -0.880. The standard InChI is InChI=1S/C7H11NO4S/c1-3-6(9)8-5-4-7(5,2)13(10,11)12/h3,5H,1,4H2,2H3,(H,8,9)(H,10,11,12). The molecule has 0 saturated heterocycles. The van der Waals surface area contributed by atoms with Crippen molar-refractivity contribution in [2.24, 2.45) is 0 Å². The predicted octanol–water partition coefficient (Wildman–Crippen LogP) is -0.293. The molecule has 1 saturated carbocycles. The average molecular weight is 205 g/mol. The second-order valence-electron chi connectivity index (χ2n) is 3.26. The van der Waals surface area contributed by atoms with Crippen LogP contribution in [0.2, 0.25) is 0 Å². The molecular formula is C7H11NO4S. The highest BCUT2D eigenvalue weighted by molar-refractivity contribution is 7.87. The minimum Gasteiger partial charge on any atom is -0.348 e. The molecule has 0 spiro atoms. The van der Waals surface area contributed by atoms with Crippen LogP contribution >= 0.6 is 0 Å². The van der Waals surface area contributed by atoms with Gasteiger partial charge in [-0.3, -0.25) is 9.35 Å². The number of hydrogen-bond donors (Lipinski definition) is 2. The lowest BCUT2D eigenvalue weighted by molar-refractivity contribution is -0.116. The molecule has 1 rings (SSSR count). The van der Waals surface area contributed by atoms with Crippen LogP contribution in [0.3, 0.4) is 0 Å². The Morgan fingerprint density at radius 3 is 2.62 bits per heavy atom. The van der Waals surface area contributed by atoms with Crippen LogP contribution in [0.25, 0.3) is 0 Å². The van der Waals surface area contributed by atoms with Crippen molar-refractivity contribution in [3.05, 3.63) is 12.7 Å². The summed E-state index contributed by atoms with van der Waals surface area (Å²) in [6.07, 6.45) is 1.30. The first kappa shape index (κ1) is 10.2. The molecular weight excluding hydrogens is 194 g/mol.